The minimum absolute atomic E-state index is 0.0383. The zero-order valence-corrected chi connectivity index (χ0v) is 13.9. The number of hydrogen-bond donors (Lipinski definition) is 3. The molecule has 2 rings (SSSR count). The number of hydrogen-bond acceptors (Lipinski definition) is 7. The van der Waals surface area contributed by atoms with Crippen LogP contribution in [-0.4, -0.2) is 40.0 Å². The number of nitro benzene ring substituents is 1. The van der Waals surface area contributed by atoms with E-state index in [-0.39, 0.29) is 17.7 Å². The second-order valence-corrected chi connectivity index (χ2v) is 6.10. The van der Waals surface area contributed by atoms with Crippen LogP contribution in [-0.2, 0) is 4.79 Å². The van der Waals surface area contributed by atoms with E-state index in [0.717, 1.165) is 25.3 Å². The molecule has 0 aromatic heterocycles. The molecule has 0 bridgehead atoms. The van der Waals surface area contributed by atoms with Gasteiger partial charge in [-0.1, -0.05) is 19.3 Å². The van der Waals surface area contributed by atoms with Crippen molar-refractivity contribution in [2.45, 2.75) is 44.1 Å². The Hall–Kier alpha value is -2.68. The van der Waals surface area contributed by atoms with Gasteiger partial charge in [0, 0.05) is 11.6 Å². The van der Waals surface area contributed by atoms with Gasteiger partial charge >= 0.3 is 5.69 Å². The molecular formula is C16H21N3O6. The maximum atomic E-state index is 11.9. The summed E-state index contributed by atoms with van der Waals surface area (Å²) in [5.74, 6) is -1.08. The number of aliphatic hydroxyl groups is 1. The third kappa shape index (κ3) is 4.90. The lowest BCUT2D eigenvalue weighted by Gasteiger charge is -2.31. The number of phenols is 1. The molecule has 0 radical (unpaired) electrons. The van der Waals surface area contributed by atoms with Crippen LogP contribution in [0, 0.1) is 10.1 Å². The number of amides is 1. The topological polar surface area (TPSA) is 134 Å². The van der Waals surface area contributed by atoms with Gasteiger partial charge in [-0.25, -0.2) is 5.43 Å². The maximum Gasteiger partial charge on any atom is 0.315 e. The Labute approximate surface area is 144 Å². The highest BCUT2D eigenvalue weighted by Gasteiger charge is 2.31. The van der Waals surface area contributed by atoms with Crippen LogP contribution in [0.5, 0.6) is 11.5 Å². The highest BCUT2D eigenvalue weighted by Crippen LogP contribution is 2.36. The van der Waals surface area contributed by atoms with Crippen molar-refractivity contribution in [1.82, 2.24) is 5.43 Å². The quantitative estimate of drug-likeness (QED) is 0.407. The smallest absolute Gasteiger partial charge is 0.315 e. The van der Waals surface area contributed by atoms with Gasteiger partial charge in [0.25, 0.3) is 0 Å². The van der Waals surface area contributed by atoms with Crippen LogP contribution in [0.2, 0.25) is 0 Å². The van der Waals surface area contributed by atoms with Crippen molar-refractivity contribution in [3.8, 4) is 11.5 Å². The normalized spacial score (nSPS) is 16.6. The SMILES string of the molecule is COc1cc(C=NNC(=O)CC2(O)CCCCC2)cc([N+](=O)[O-])c1O. The van der Waals surface area contributed by atoms with Gasteiger partial charge in [0.15, 0.2) is 5.75 Å². The molecule has 1 aromatic rings. The minimum Gasteiger partial charge on any atom is -0.500 e. The molecule has 1 aliphatic rings. The fourth-order valence-corrected chi connectivity index (χ4v) is 2.89. The Bertz CT molecular complexity index is 683. The average Bonchev–Trinajstić information content (AvgIpc) is 2.56. The van der Waals surface area contributed by atoms with Crippen molar-refractivity contribution < 1.29 is 24.7 Å². The highest BCUT2D eigenvalue weighted by atomic mass is 16.6. The summed E-state index contributed by atoms with van der Waals surface area (Å²) in [6, 6.07) is 2.47. The molecule has 0 atom stereocenters. The van der Waals surface area contributed by atoms with Crippen molar-refractivity contribution in [1.29, 1.82) is 0 Å². The van der Waals surface area contributed by atoms with Gasteiger partial charge in [-0.15, -0.1) is 0 Å². The number of ether oxygens (including phenoxy) is 1. The van der Waals surface area contributed by atoms with Crippen LogP contribution in [0.4, 0.5) is 5.69 Å². The molecule has 25 heavy (non-hydrogen) atoms. The molecule has 0 aliphatic heterocycles. The number of phenolic OH excluding ortho intramolecular Hbond substituents is 1. The molecule has 0 saturated heterocycles. The lowest BCUT2D eigenvalue weighted by molar-refractivity contribution is -0.386. The Kier molecular flexibility index (Phi) is 5.92. The third-order valence-electron chi connectivity index (χ3n) is 4.17. The fraction of sp³-hybridized carbons (Fsp3) is 0.500. The molecule has 1 aliphatic carbocycles. The Morgan fingerprint density at radius 2 is 2.12 bits per heavy atom. The molecule has 3 N–H and O–H groups in total. The Morgan fingerprint density at radius 3 is 2.72 bits per heavy atom. The fourth-order valence-electron chi connectivity index (χ4n) is 2.89. The molecule has 0 spiro atoms. The van der Waals surface area contributed by atoms with E-state index in [1.807, 2.05) is 0 Å². The van der Waals surface area contributed by atoms with E-state index in [9.17, 15) is 25.1 Å². The van der Waals surface area contributed by atoms with E-state index in [1.165, 1.54) is 19.4 Å². The van der Waals surface area contributed by atoms with Crippen LogP contribution in [0.1, 0.15) is 44.1 Å². The van der Waals surface area contributed by atoms with E-state index in [1.54, 1.807) is 0 Å². The number of aromatic hydroxyl groups is 1. The van der Waals surface area contributed by atoms with E-state index in [4.69, 9.17) is 4.74 Å². The van der Waals surface area contributed by atoms with Crippen molar-refractivity contribution in [2.75, 3.05) is 7.11 Å². The summed E-state index contributed by atoms with van der Waals surface area (Å²) in [6.45, 7) is 0. The number of carbonyl (C=O) groups excluding carboxylic acids is 1. The summed E-state index contributed by atoms with van der Waals surface area (Å²) in [5.41, 5.74) is 1.07. The molecule has 1 aromatic carbocycles. The van der Waals surface area contributed by atoms with Gasteiger partial charge in [-0.05, 0) is 18.9 Å². The Morgan fingerprint density at radius 1 is 1.44 bits per heavy atom. The van der Waals surface area contributed by atoms with Crippen LogP contribution in [0.25, 0.3) is 0 Å². The number of nitrogens with zero attached hydrogens (tertiary/aromatic N) is 2. The molecular weight excluding hydrogens is 330 g/mol. The maximum absolute atomic E-state index is 11.9. The van der Waals surface area contributed by atoms with Gasteiger partial charge in [0.2, 0.25) is 11.7 Å². The first-order valence-corrected chi connectivity index (χ1v) is 7.94. The van der Waals surface area contributed by atoms with Gasteiger partial charge in [0.05, 0.1) is 30.3 Å². The number of carbonyl (C=O) groups is 1. The zero-order valence-electron chi connectivity index (χ0n) is 13.9. The van der Waals surface area contributed by atoms with Gasteiger partial charge in [0.1, 0.15) is 0 Å². The molecule has 1 saturated carbocycles. The lowest BCUT2D eigenvalue weighted by Crippen LogP contribution is -2.37. The van der Waals surface area contributed by atoms with Crippen LogP contribution >= 0.6 is 0 Å². The molecule has 1 fully saturated rings. The van der Waals surface area contributed by atoms with Crippen molar-refractivity contribution in [3.05, 3.63) is 27.8 Å². The second kappa shape index (κ2) is 7.93. The predicted octanol–water partition coefficient (Wildman–Crippen LogP) is 1.84. The summed E-state index contributed by atoms with van der Waals surface area (Å²) in [4.78, 5) is 22.1. The third-order valence-corrected chi connectivity index (χ3v) is 4.17. The summed E-state index contributed by atoms with van der Waals surface area (Å²) >= 11 is 0. The van der Waals surface area contributed by atoms with Gasteiger partial charge in [-0.3, -0.25) is 14.9 Å². The minimum atomic E-state index is -0.988. The van der Waals surface area contributed by atoms with Gasteiger partial charge < -0.3 is 14.9 Å². The molecule has 136 valence electrons. The first kappa shape index (κ1) is 18.7. The highest BCUT2D eigenvalue weighted by molar-refractivity contribution is 5.85. The monoisotopic (exact) mass is 351 g/mol. The standard InChI is InChI=1S/C16H21N3O6/c1-25-13-8-11(7-12(15(13)21)19(23)24)10-17-18-14(20)9-16(22)5-3-2-4-6-16/h7-8,10,21-22H,2-6,9H2,1H3,(H,18,20). The number of nitro groups is 1. The number of benzene rings is 1. The first-order valence-electron chi connectivity index (χ1n) is 7.94. The number of nitrogens with one attached hydrogen (secondary N) is 1. The summed E-state index contributed by atoms with van der Waals surface area (Å²) in [5, 5.41) is 34.7. The molecule has 0 heterocycles. The first-order chi connectivity index (χ1) is 11.8. The summed E-state index contributed by atoms with van der Waals surface area (Å²) in [6.07, 6.45) is 5.19. The number of rotatable bonds is 6. The molecule has 0 unspecified atom stereocenters. The Balaban J connectivity index is 2.02. The van der Waals surface area contributed by atoms with E-state index in [0.29, 0.717) is 12.8 Å². The molecule has 1 amide bonds. The van der Waals surface area contributed by atoms with Crippen LogP contribution in [0.3, 0.4) is 0 Å². The van der Waals surface area contributed by atoms with E-state index < -0.39 is 27.9 Å². The van der Waals surface area contributed by atoms with E-state index >= 15 is 0 Å². The van der Waals surface area contributed by atoms with E-state index in [2.05, 4.69) is 10.5 Å². The van der Waals surface area contributed by atoms with Crippen LogP contribution < -0.4 is 10.2 Å². The summed E-state index contributed by atoms with van der Waals surface area (Å²) < 4.78 is 4.88. The van der Waals surface area contributed by atoms with Crippen molar-refractivity contribution in [3.63, 3.8) is 0 Å². The lowest BCUT2D eigenvalue weighted by atomic mass is 9.82. The van der Waals surface area contributed by atoms with Crippen molar-refractivity contribution in [2.24, 2.45) is 5.10 Å². The predicted molar refractivity (Wildman–Crippen MR) is 89.7 cm³/mol. The van der Waals surface area contributed by atoms with Crippen molar-refractivity contribution >= 4 is 17.8 Å². The van der Waals surface area contributed by atoms with Crippen LogP contribution in [0.15, 0.2) is 17.2 Å². The molecule has 9 nitrogen and oxygen atoms in total. The number of hydrazone groups is 1. The van der Waals surface area contributed by atoms with Gasteiger partial charge in [-0.2, -0.15) is 5.10 Å². The summed E-state index contributed by atoms with van der Waals surface area (Å²) in [7, 11) is 1.27. The largest absolute Gasteiger partial charge is 0.500 e. The average molecular weight is 351 g/mol. The number of methoxy groups -OCH3 is 1. The second-order valence-electron chi connectivity index (χ2n) is 6.10. The zero-order chi connectivity index (χ0) is 18.4. The molecule has 9 heteroatoms.